The van der Waals surface area contributed by atoms with E-state index in [0.29, 0.717) is 42.8 Å². The number of nitrogens with one attached hydrogen (secondary N) is 2. The lowest BCUT2D eigenvalue weighted by molar-refractivity contribution is -0.118. The topological polar surface area (TPSA) is 102 Å². The summed E-state index contributed by atoms with van der Waals surface area (Å²) in [6, 6.07) is 11.4. The Kier molecular flexibility index (Phi) is 6.90. The fourth-order valence-electron chi connectivity index (χ4n) is 3.66. The molecule has 8 nitrogen and oxygen atoms in total. The highest BCUT2D eigenvalue weighted by molar-refractivity contribution is 7.20. The second-order valence-corrected chi connectivity index (χ2v) is 9.41. The Morgan fingerprint density at radius 3 is 2.57 bits per heavy atom. The number of hydrogen-bond acceptors (Lipinski definition) is 6. The van der Waals surface area contributed by atoms with E-state index in [1.165, 1.54) is 18.0 Å². The second-order valence-electron chi connectivity index (χ2n) is 7.97. The smallest absolute Gasteiger partial charge is 0.266 e. The molecule has 1 atom stereocenters. The summed E-state index contributed by atoms with van der Waals surface area (Å²) in [6.07, 6.45) is 1.32. The molecule has 0 fully saturated rings. The first kappa shape index (κ1) is 24.4. The van der Waals surface area contributed by atoms with Gasteiger partial charge in [0.05, 0.1) is 29.4 Å². The Bertz CT molecular complexity index is 1510. The summed E-state index contributed by atoms with van der Waals surface area (Å²) >= 11 is 7.19. The summed E-state index contributed by atoms with van der Waals surface area (Å²) in [4.78, 5) is 44.5. The van der Waals surface area contributed by atoms with Gasteiger partial charge in [-0.15, -0.1) is 11.3 Å². The van der Waals surface area contributed by atoms with E-state index in [1.54, 1.807) is 32.0 Å². The normalized spacial score (nSPS) is 11.8. The molecule has 2 heterocycles. The van der Waals surface area contributed by atoms with E-state index < -0.39 is 17.5 Å². The molecule has 2 aromatic carbocycles. The van der Waals surface area contributed by atoms with Crippen molar-refractivity contribution in [1.82, 2.24) is 9.55 Å². The summed E-state index contributed by atoms with van der Waals surface area (Å²) in [5.41, 5.74) is 2.13. The third-order valence-electron chi connectivity index (χ3n) is 5.69. The van der Waals surface area contributed by atoms with E-state index in [4.69, 9.17) is 16.3 Å². The van der Waals surface area contributed by atoms with Gasteiger partial charge in [-0.2, -0.15) is 0 Å². The zero-order chi connectivity index (χ0) is 25.3. The zero-order valence-corrected chi connectivity index (χ0v) is 21.1. The molecule has 2 aromatic heterocycles. The Balaban J connectivity index is 1.64. The van der Waals surface area contributed by atoms with Crippen LogP contribution in [0.5, 0.6) is 5.75 Å². The molecule has 180 valence electrons. The minimum absolute atomic E-state index is 0.312. The number of halogens is 1. The molecule has 2 amide bonds. The highest BCUT2D eigenvalue weighted by atomic mass is 35.5. The first-order chi connectivity index (χ1) is 16.7. The van der Waals surface area contributed by atoms with Crippen molar-refractivity contribution in [3.8, 4) is 5.75 Å². The van der Waals surface area contributed by atoms with E-state index >= 15 is 0 Å². The Labute approximate surface area is 210 Å². The van der Waals surface area contributed by atoms with Gasteiger partial charge in [0.25, 0.3) is 11.5 Å². The van der Waals surface area contributed by atoms with Crippen LogP contribution in [0.25, 0.3) is 10.2 Å². The van der Waals surface area contributed by atoms with Crippen molar-refractivity contribution in [2.45, 2.75) is 26.8 Å². The number of para-hydroxylation sites is 1. The van der Waals surface area contributed by atoms with Crippen molar-refractivity contribution in [3.05, 3.63) is 80.2 Å². The summed E-state index contributed by atoms with van der Waals surface area (Å²) in [5, 5.41) is 6.39. The Morgan fingerprint density at radius 2 is 1.86 bits per heavy atom. The zero-order valence-electron chi connectivity index (χ0n) is 19.5. The van der Waals surface area contributed by atoms with Gasteiger partial charge in [0.15, 0.2) is 0 Å². The Morgan fingerprint density at radius 1 is 1.11 bits per heavy atom. The van der Waals surface area contributed by atoms with E-state index in [1.807, 2.05) is 31.2 Å². The number of fused-ring (bicyclic) bond motifs is 1. The van der Waals surface area contributed by atoms with Crippen LogP contribution in [0.15, 0.2) is 53.6 Å². The number of ether oxygens (including phenoxy) is 1. The molecule has 1 unspecified atom stereocenters. The van der Waals surface area contributed by atoms with Gasteiger partial charge in [0.2, 0.25) is 5.91 Å². The fourth-order valence-corrected chi connectivity index (χ4v) is 4.87. The van der Waals surface area contributed by atoms with Crippen molar-refractivity contribution < 1.29 is 14.3 Å². The van der Waals surface area contributed by atoms with Crippen molar-refractivity contribution >= 4 is 56.3 Å². The van der Waals surface area contributed by atoms with Gasteiger partial charge >= 0.3 is 0 Å². The molecule has 0 saturated heterocycles. The van der Waals surface area contributed by atoms with Crippen LogP contribution in [0.3, 0.4) is 0 Å². The molecule has 2 N–H and O–H groups in total. The lowest BCUT2D eigenvalue weighted by Gasteiger charge is -2.16. The number of aromatic nitrogens is 2. The van der Waals surface area contributed by atoms with Gasteiger partial charge in [-0.05, 0) is 56.2 Å². The quantitative estimate of drug-likeness (QED) is 0.371. The number of carbonyl (C=O) groups excluding carboxylic acids is 2. The number of hydrogen-bond donors (Lipinski definition) is 2. The molecule has 0 spiro atoms. The summed E-state index contributed by atoms with van der Waals surface area (Å²) in [7, 11) is 1.48. The third kappa shape index (κ3) is 4.78. The average molecular weight is 511 g/mol. The number of benzene rings is 2. The summed E-state index contributed by atoms with van der Waals surface area (Å²) < 4.78 is 6.52. The van der Waals surface area contributed by atoms with Crippen LogP contribution in [0, 0.1) is 13.8 Å². The fraction of sp³-hybridized carbons (Fsp3) is 0.200. The lowest BCUT2D eigenvalue weighted by Crippen LogP contribution is -2.32. The molecular weight excluding hydrogens is 488 g/mol. The van der Waals surface area contributed by atoms with Gasteiger partial charge < -0.3 is 15.4 Å². The SMILES string of the molecule is COc1ccc(Cl)cc1NC(=O)C(C)n1cnc2sc(C(=O)Nc3ccccc3C)c(C)c2c1=O. The van der Waals surface area contributed by atoms with Gasteiger partial charge in [0, 0.05) is 10.7 Å². The summed E-state index contributed by atoms with van der Waals surface area (Å²) in [5.74, 6) is -0.322. The number of methoxy groups -OCH3 is 1. The number of carbonyl (C=O) groups is 2. The number of rotatable bonds is 6. The van der Waals surface area contributed by atoms with Crippen molar-refractivity contribution in [1.29, 1.82) is 0 Å². The maximum absolute atomic E-state index is 13.3. The van der Waals surface area contributed by atoms with E-state index in [9.17, 15) is 14.4 Å². The van der Waals surface area contributed by atoms with Gasteiger partial charge in [-0.25, -0.2) is 4.98 Å². The van der Waals surface area contributed by atoms with E-state index in [-0.39, 0.29) is 5.91 Å². The van der Waals surface area contributed by atoms with Crippen molar-refractivity contribution in [2.75, 3.05) is 17.7 Å². The first-order valence-corrected chi connectivity index (χ1v) is 11.9. The number of nitrogens with zero attached hydrogens (tertiary/aromatic N) is 2. The maximum Gasteiger partial charge on any atom is 0.266 e. The molecule has 0 aliphatic heterocycles. The predicted molar refractivity (Wildman–Crippen MR) is 139 cm³/mol. The molecule has 35 heavy (non-hydrogen) atoms. The first-order valence-electron chi connectivity index (χ1n) is 10.7. The molecule has 0 bridgehead atoms. The molecule has 10 heteroatoms. The predicted octanol–water partition coefficient (Wildman–Crippen LogP) is 5.19. The van der Waals surface area contributed by atoms with Crippen LogP contribution in [0.4, 0.5) is 11.4 Å². The molecular formula is C25H23ClN4O4S. The van der Waals surface area contributed by atoms with Crippen LogP contribution < -0.4 is 20.9 Å². The maximum atomic E-state index is 13.3. The van der Waals surface area contributed by atoms with Crippen LogP contribution in [0.1, 0.15) is 33.8 Å². The highest BCUT2D eigenvalue weighted by Gasteiger charge is 2.24. The standard InChI is InChI=1S/C25H23ClN4O4S/c1-13-7-5-6-8-17(13)28-23(32)21-14(2)20-24(35-21)27-12-30(25(20)33)15(3)22(31)29-18-11-16(26)9-10-19(18)34-4/h5-12,15H,1-4H3,(H,28,32)(H,29,31). The average Bonchev–Trinajstić information content (AvgIpc) is 3.17. The van der Waals surface area contributed by atoms with E-state index in [0.717, 1.165) is 16.9 Å². The lowest BCUT2D eigenvalue weighted by atomic mass is 10.1. The largest absolute Gasteiger partial charge is 0.495 e. The van der Waals surface area contributed by atoms with Crippen LogP contribution in [-0.2, 0) is 4.79 Å². The van der Waals surface area contributed by atoms with Crippen LogP contribution in [-0.4, -0.2) is 28.5 Å². The number of aryl methyl sites for hydroxylation is 2. The monoisotopic (exact) mass is 510 g/mol. The minimum Gasteiger partial charge on any atom is -0.495 e. The number of amides is 2. The van der Waals surface area contributed by atoms with Gasteiger partial charge in [-0.1, -0.05) is 29.8 Å². The molecule has 0 saturated carbocycles. The van der Waals surface area contributed by atoms with E-state index in [2.05, 4.69) is 15.6 Å². The molecule has 4 rings (SSSR count). The molecule has 0 aliphatic carbocycles. The van der Waals surface area contributed by atoms with Gasteiger partial charge in [-0.3, -0.25) is 19.0 Å². The third-order valence-corrected chi connectivity index (χ3v) is 7.13. The highest BCUT2D eigenvalue weighted by Crippen LogP contribution is 2.30. The summed E-state index contributed by atoms with van der Waals surface area (Å²) in [6.45, 7) is 5.20. The van der Waals surface area contributed by atoms with Crippen molar-refractivity contribution in [3.63, 3.8) is 0 Å². The minimum atomic E-state index is -0.883. The van der Waals surface area contributed by atoms with Crippen LogP contribution in [0.2, 0.25) is 5.02 Å². The van der Waals surface area contributed by atoms with Crippen LogP contribution >= 0.6 is 22.9 Å². The number of thiophene rings is 1. The second kappa shape index (κ2) is 9.89. The number of anilines is 2. The molecule has 0 aliphatic rings. The Hall–Kier alpha value is -3.69. The van der Waals surface area contributed by atoms with Crippen molar-refractivity contribution in [2.24, 2.45) is 0 Å². The van der Waals surface area contributed by atoms with Gasteiger partial charge in [0.1, 0.15) is 16.6 Å². The molecule has 4 aromatic rings. The molecule has 0 radical (unpaired) electrons.